The molecule has 0 fully saturated rings. The molecule has 0 N–H and O–H groups in total. The van der Waals surface area contributed by atoms with Crippen molar-refractivity contribution in [2.75, 3.05) is 6.54 Å². The molecule has 10 heteroatoms. The van der Waals surface area contributed by atoms with Crippen molar-refractivity contribution in [3.8, 4) is 5.69 Å². The van der Waals surface area contributed by atoms with Crippen molar-refractivity contribution < 1.29 is 26.7 Å². The minimum atomic E-state index is -4.94. The zero-order chi connectivity index (χ0) is 21.2. The van der Waals surface area contributed by atoms with Crippen molar-refractivity contribution in [1.29, 1.82) is 0 Å². The number of carbonyl (C=O) groups is 1. The summed E-state index contributed by atoms with van der Waals surface area (Å²) < 4.78 is 68.1. The molecule has 0 aliphatic rings. The summed E-state index contributed by atoms with van der Waals surface area (Å²) in [5, 5.41) is 6.90. The van der Waals surface area contributed by atoms with Crippen LogP contribution in [0.25, 0.3) is 5.69 Å². The Morgan fingerprint density at radius 1 is 1.07 bits per heavy atom. The first kappa shape index (κ1) is 20.4. The van der Waals surface area contributed by atoms with Crippen molar-refractivity contribution in [3.05, 3.63) is 77.1 Å². The molecule has 0 radical (unpaired) electrons. The molecule has 3 rings (SSSR count). The summed E-state index contributed by atoms with van der Waals surface area (Å²) in [4.78, 5) is 13.9. The summed E-state index contributed by atoms with van der Waals surface area (Å²) in [7, 11) is 0. The first-order valence-electron chi connectivity index (χ1n) is 8.53. The second-order valence-electron chi connectivity index (χ2n) is 6.12. The Morgan fingerprint density at radius 3 is 2.34 bits per heavy atom. The van der Waals surface area contributed by atoms with Crippen molar-refractivity contribution in [3.63, 3.8) is 0 Å². The predicted octanol–water partition coefficient (Wildman–Crippen LogP) is 4.23. The van der Waals surface area contributed by atoms with Gasteiger partial charge in [-0.05, 0) is 48.9 Å². The molecule has 0 aliphatic heterocycles. The number of aromatic nitrogens is 3. The fraction of sp³-hybridized carbons (Fsp3) is 0.211. The minimum Gasteiger partial charge on any atom is -0.333 e. The van der Waals surface area contributed by atoms with E-state index in [-0.39, 0.29) is 18.8 Å². The van der Waals surface area contributed by atoms with Gasteiger partial charge in [0, 0.05) is 13.1 Å². The van der Waals surface area contributed by atoms with E-state index in [0.29, 0.717) is 10.2 Å². The highest BCUT2D eigenvalue weighted by atomic mass is 19.4. The lowest BCUT2D eigenvalue weighted by atomic mass is 10.2. The molecule has 0 unspecified atom stereocenters. The zero-order valence-corrected chi connectivity index (χ0v) is 15.1. The number of benzene rings is 2. The topological polar surface area (TPSA) is 51.0 Å². The van der Waals surface area contributed by atoms with E-state index >= 15 is 0 Å². The molecule has 5 nitrogen and oxygen atoms in total. The molecule has 0 bridgehead atoms. The van der Waals surface area contributed by atoms with E-state index < -0.39 is 35.1 Å². The van der Waals surface area contributed by atoms with Gasteiger partial charge in [0.1, 0.15) is 11.6 Å². The van der Waals surface area contributed by atoms with Gasteiger partial charge in [-0.1, -0.05) is 17.3 Å². The standard InChI is InChI=1S/C19H15F5N4O/c1-2-27(11-12-4-3-5-14(21)10-12)18(29)16-17(19(22,23)24)28(26-25-16)15-8-6-13(20)7-9-15/h3-10H,2,11H2,1H3. The molecule has 0 saturated carbocycles. The van der Waals surface area contributed by atoms with Crippen molar-refractivity contribution in [2.45, 2.75) is 19.6 Å². The van der Waals surface area contributed by atoms with E-state index in [4.69, 9.17) is 0 Å². The molecule has 1 aromatic heterocycles. The smallest absolute Gasteiger partial charge is 0.333 e. The van der Waals surface area contributed by atoms with E-state index in [0.717, 1.165) is 29.2 Å². The Kier molecular flexibility index (Phi) is 5.62. The Hall–Kier alpha value is -3.30. The van der Waals surface area contributed by atoms with Gasteiger partial charge in [-0.2, -0.15) is 13.2 Å². The predicted molar refractivity (Wildman–Crippen MR) is 93.1 cm³/mol. The van der Waals surface area contributed by atoms with Crippen LogP contribution in [0.3, 0.4) is 0 Å². The number of hydrogen-bond acceptors (Lipinski definition) is 3. The number of carbonyl (C=O) groups excluding carboxylic acids is 1. The van der Waals surface area contributed by atoms with Gasteiger partial charge in [-0.25, -0.2) is 13.5 Å². The molecule has 29 heavy (non-hydrogen) atoms. The zero-order valence-electron chi connectivity index (χ0n) is 15.1. The molecule has 2 aromatic carbocycles. The van der Waals surface area contributed by atoms with Crippen LogP contribution in [0, 0.1) is 11.6 Å². The van der Waals surface area contributed by atoms with Crippen LogP contribution in [0.4, 0.5) is 22.0 Å². The number of hydrogen-bond donors (Lipinski definition) is 0. The lowest BCUT2D eigenvalue weighted by molar-refractivity contribution is -0.143. The van der Waals surface area contributed by atoms with E-state index in [2.05, 4.69) is 10.3 Å². The van der Waals surface area contributed by atoms with E-state index in [1.807, 2.05) is 0 Å². The van der Waals surface area contributed by atoms with E-state index in [1.54, 1.807) is 13.0 Å². The van der Waals surface area contributed by atoms with Crippen LogP contribution in [0.2, 0.25) is 0 Å². The number of rotatable bonds is 5. The molecular weight excluding hydrogens is 395 g/mol. The Labute approximate surface area is 162 Å². The Balaban J connectivity index is 2.00. The lowest BCUT2D eigenvalue weighted by Crippen LogP contribution is -2.32. The molecule has 1 amide bonds. The third kappa shape index (κ3) is 4.41. The van der Waals surface area contributed by atoms with Gasteiger partial charge in [-0.15, -0.1) is 5.10 Å². The molecule has 0 saturated heterocycles. The highest BCUT2D eigenvalue weighted by molar-refractivity contribution is 5.93. The fourth-order valence-corrected chi connectivity index (χ4v) is 2.78. The van der Waals surface area contributed by atoms with Gasteiger partial charge in [-0.3, -0.25) is 4.79 Å². The molecule has 1 heterocycles. The van der Waals surface area contributed by atoms with Crippen molar-refractivity contribution in [2.24, 2.45) is 0 Å². The fourth-order valence-electron chi connectivity index (χ4n) is 2.78. The van der Waals surface area contributed by atoms with Crippen LogP contribution in [0.1, 0.15) is 28.7 Å². The quantitative estimate of drug-likeness (QED) is 0.592. The average Bonchev–Trinajstić information content (AvgIpc) is 3.12. The second kappa shape index (κ2) is 7.98. The van der Waals surface area contributed by atoms with Gasteiger partial charge in [0.05, 0.1) is 5.69 Å². The van der Waals surface area contributed by atoms with E-state index in [1.165, 1.54) is 18.2 Å². The van der Waals surface area contributed by atoms with Gasteiger partial charge in [0.15, 0.2) is 11.4 Å². The summed E-state index contributed by atoms with van der Waals surface area (Å²) in [6.45, 7) is 1.54. The van der Waals surface area contributed by atoms with Crippen LogP contribution in [0.15, 0.2) is 48.5 Å². The Morgan fingerprint density at radius 2 is 1.76 bits per heavy atom. The summed E-state index contributed by atoms with van der Waals surface area (Å²) in [6.07, 6.45) is -4.94. The SMILES string of the molecule is CCN(Cc1cccc(F)c1)C(=O)c1nnn(-c2ccc(F)cc2)c1C(F)(F)F. The van der Waals surface area contributed by atoms with Gasteiger partial charge >= 0.3 is 6.18 Å². The third-order valence-electron chi connectivity index (χ3n) is 4.14. The lowest BCUT2D eigenvalue weighted by Gasteiger charge is -2.21. The normalized spacial score (nSPS) is 11.5. The van der Waals surface area contributed by atoms with Crippen LogP contribution < -0.4 is 0 Å². The van der Waals surface area contributed by atoms with Crippen LogP contribution in [-0.4, -0.2) is 32.3 Å². The van der Waals surface area contributed by atoms with Crippen molar-refractivity contribution >= 4 is 5.91 Å². The second-order valence-corrected chi connectivity index (χ2v) is 6.12. The number of nitrogens with zero attached hydrogens (tertiary/aromatic N) is 4. The highest BCUT2D eigenvalue weighted by Gasteiger charge is 2.42. The third-order valence-corrected chi connectivity index (χ3v) is 4.14. The van der Waals surface area contributed by atoms with Gasteiger partial charge < -0.3 is 4.90 Å². The first-order chi connectivity index (χ1) is 13.7. The number of alkyl halides is 3. The molecular formula is C19H15F5N4O. The maximum atomic E-state index is 13.7. The summed E-state index contributed by atoms with van der Waals surface area (Å²) >= 11 is 0. The molecule has 3 aromatic rings. The minimum absolute atomic E-state index is 0.0655. The maximum absolute atomic E-state index is 13.7. The molecule has 152 valence electrons. The van der Waals surface area contributed by atoms with Crippen LogP contribution >= 0.6 is 0 Å². The number of halogens is 5. The molecule has 0 atom stereocenters. The highest BCUT2D eigenvalue weighted by Crippen LogP contribution is 2.33. The largest absolute Gasteiger partial charge is 0.435 e. The Bertz CT molecular complexity index is 1010. The van der Waals surface area contributed by atoms with Crippen LogP contribution in [0.5, 0.6) is 0 Å². The van der Waals surface area contributed by atoms with E-state index in [9.17, 15) is 26.7 Å². The summed E-state index contributed by atoms with van der Waals surface area (Å²) in [5.41, 5.74) is -1.94. The maximum Gasteiger partial charge on any atom is 0.435 e. The van der Waals surface area contributed by atoms with Crippen LogP contribution in [-0.2, 0) is 12.7 Å². The van der Waals surface area contributed by atoms with Gasteiger partial charge in [0.2, 0.25) is 0 Å². The molecule has 0 aliphatic carbocycles. The molecule has 0 spiro atoms. The number of amides is 1. The summed E-state index contributed by atoms with van der Waals surface area (Å²) in [6, 6.07) is 9.54. The van der Waals surface area contributed by atoms with Crippen molar-refractivity contribution in [1.82, 2.24) is 19.9 Å². The average molecular weight is 410 g/mol. The first-order valence-corrected chi connectivity index (χ1v) is 8.53. The summed E-state index contributed by atoms with van der Waals surface area (Å²) in [5.74, 6) is -2.16. The monoisotopic (exact) mass is 410 g/mol. The van der Waals surface area contributed by atoms with Gasteiger partial charge in [0.25, 0.3) is 5.91 Å².